The number of hydrogen-bond donors (Lipinski definition) is 0. The molecule has 0 aliphatic heterocycles. The summed E-state index contributed by atoms with van der Waals surface area (Å²) in [5, 5.41) is 14.5. The van der Waals surface area contributed by atoms with E-state index in [0.29, 0.717) is 0 Å². The minimum absolute atomic E-state index is 1.04. The lowest BCUT2D eigenvalue weighted by atomic mass is 9.96. The van der Waals surface area contributed by atoms with Gasteiger partial charge in [0.1, 0.15) is 0 Å². The second-order valence-corrected chi connectivity index (χ2v) is 32.3. The molecule has 0 saturated heterocycles. The molecule has 0 unspecified atom stereocenters. The molecule has 0 aliphatic carbocycles. The first-order chi connectivity index (χ1) is 58.6. The number of thiophene rings is 2. The summed E-state index contributed by atoms with van der Waals surface area (Å²) in [5.74, 6) is 0. The van der Waals surface area contributed by atoms with E-state index < -0.39 is 0 Å². The van der Waals surface area contributed by atoms with Crippen LogP contribution < -0.4 is 19.6 Å². The van der Waals surface area contributed by atoms with Gasteiger partial charge < -0.3 is 19.6 Å². The summed E-state index contributed by atoms with van der Waals surface area (Å²) in [7, 11) is 0. The molecule has 6 heteroatoms. The largest absolute Gasteiger partial charge is 0.310 e. The average Bonchev–Trinajstić information content (AvgIpc) is 1.53. The molecule has 0 bridgehead atoms. The van der Waals surface area contributed by atoms with E-state index in [0.717, 1.165) is 113 Å². The third kappa shape index (κ3) is 12.3. The highest BCUT2D eigenvalue weighted by Crippen LogP contribution is 2.56. The summed E-state index contributed by atoms with van der Waals surface area (Å²) in [5.41, 5.74) is 24.6. The first-order valence-corrected chi connectivity index (χ1v) is 41.9. The third-order valence-electron chi connectivity index (χ3n) is 23.3. The van der Waals surface area contributed by atoms with Gasteiger partial charge >= 0.3 is 0 Å². The Kier molecular flexibility index (Phi) is 17.6. The van der Waals surface area contributed by atoms with Gasteiger partial charge in [-0.2, -0.15) is 0 Å². The van der Waals surface area contributed by atoms with Gasteiger partial charge in [0.2, 0.25) is 0 Å². The zero-order valence-corrected chi connectivity index (χ0v) is 66.0. The molecule has 0 N–H and O–H groups in total. The highest BCUT2D eigenvalue weighted by atomic mass is 32.1. The Bertz CT molecular complexity index is 7560. The highest BCUT2D eigenvalue weighted by Gasteiger charge is 2.29. The Morgan fingerprint density at radius 1 is 0.144 bits per heavy atom. The van der Waals surface area contributed by atoms with Crippen LogP contribution >= 0.6 is 22.7 Å². The van der Waals surface area contributed by atoms with Crippen LogP contribution in [-0.2, 0) is 0 Å². The zero-order valence-electron chi connectivity index (χ0n) is 64.3. The summed E-state index contributed by atoms with van der Waals surface area (Å²) in [6.45, 7) is 0. The Morgan fingerprint density at radius 3 is 0.814 bits per heavy atom. The lowest BCUT2D eigenvalue weighted by Crippen LogP contribution is -2.12. The molecule has 2 heterocycles. The SMILES string of the molecule is c1ccc(-c2cccc(N(c3ccccc3)c3cc4c(sc5cc(N(c6cccc(-c7ccccc7)c6)c6cccc(-c7ccc(N(c8ccccc8-c8ccccc8)c8cc9c(sc%10cc(N(c%11ccccc%11)c%11ccccc%11-c%11ccccc%11)c%11ccccc%11c%109)c9ccccc89)cc7)c6)c6ccccc6c54)c4ccccc34)c2)cc1. The maximum absolute atomic E-state index is 2.52. The summed E-state index contributed by atoms with van der Waals surface area (Å²) in [6, 6.07) is 165. The van der Waals surface area contributed by atoms with Crippen LogP contribution in [0.1, 0.15) is 0 Å². The molecule has 0 spiro atoms. The van der Waals surface area contributed by atoms with Gasteiger partial charge in [0.05, 0.1) is 34.1 Å². The van der Waals surface area contributed by atoms with Crippen LogP contribution in [0.4, 0.5) is 68.2 Å². The van der Waals surface area contributed by atoms with Crippen molar-refractivity contribution in [3.63, 3.8) is 0 Å². The summed E-state index contributed by atoms with van der Waals surface area (Å²) in [6.07, 6.45) is 0. The van der Waals surface area contributed by atoms with Crippen LogP contribution in [0.25, 0.3) is 139 Å². The maximum atomic E-state index is 2.52. The van der Waals surface area contributed by atoms with E-state index in [2.05, 4.69) is 469 Å². The molecule has 0 amide bonds. The molecule has 22 aromatic rings. The van der Waals surface area contributed by atoms with Gasteiger partial charge in [-0.25, -0.2) is 0 Å². The van der Waals surface area contributed by atoms with Gasteiger partial charge in [0.25, 0.3) is 0 Å². The lowest BCUT2D eigenvalue weighted by molar-refractivity contribution is 1.30. The highest BCUT2D eigenvalue weighted by molar-refractivity contribution is 7.27. The van der Waals surface area contributed by atoms with Crippen LogP contribution in [-0.4, -0.2) is 0 Å². The molecule has 2 aromatic heterocycles. The van der Waals surface area contributed by atoms with Crippen molar-refractivity contribution in [1.29, 1.82) is 0 Å². The van der Waals surface area contributed by atoms with E-state index in [1.807, 2.05) is 22.7 Å². The van der Waals surface area contributed by atoms with Crippen LogP contribution in [0.5, 0.6) is 0 Å². The lowest BCUT2D eigenvalue weighted by Gasteiger charge is -2.30. The number of anilines is 12. The van der Waals surface area contributed by atoms with Crippen LogP contribution in [0.3, 0.4) is 0 Å². The van der Waals surface area contributed by atoms with E-state index in [1.165, 1.54) is 94.7 Å². The van der Waals surface area contributed by atoms with Gasteiger partial charge in [-0.1, -0.05) is 340 Å². The first kappa shape index (κ1) is 69.8. The summed E-state index contributed by atoms with van der Waals surface area (Å²) >= 11 is 3.78. The summed E-state index contributed by atoms with van der Waals surface area (Å²) in [4.78, 5) is 9.95. The predicted molar refractivity (Wildman–Crippen MR) is 508 cm³/mol. The van der Waals surface area contributed by atoms with E-state index in [9.17, 15) is 0 Å². The normalized spacial score (nSPS) is 11.6. The Morgan fingerprint density at radius 2 is 0.407 bits per heavy atom. The number of rotatable bonds is 17. The zero-order chi connectivity index (χ0) is 78.0. The van der Waals surface area contributed by atoms with Gasteiger partial charge in [0, 0.05) is 118 Å². The van der Waals surface area contributed by atoms with Crippen LogP contribution in [0.15, 0.2) is 449 Å². The van der Waals surface area contributed by atoms with Crippen molar-refractivity contribution in [2.45, 2.75) is 0 Å². The van der Waals surface area contributed by atoms with Gasteiger partial charge in [-0.15, -0.1) is 22.7 Å². The minimum Gasteiger partial charge on any atom is -0.310 e. The molecule has 554 valence electrons. The van der Waals surface area contributed by atoms with Crippen LogP contribution in [0, 0.1) is 0 Å². The van der Waals surface area contributed by atoms with Crippen molar-refractivity contribution in [3.8, 4) is 55.6 Å². The molecule has 22 rings (SSSR count). The van der Waals surface area contributed by atoms with Crippen molar-refractivity contribution in [2.24, 2.45) is 0 Å². The monoisotopic (exact) mass is 1540 g/mol. The van der Waals surface area contributed by atoms with Gasteiger partial charge in [-0.05, 0) is 164 Å². The first-order valence-electron chi connectivity index (χ1n) is 40.3. The number of benzene rings is 20. The molecule has 0 aliphatic rings. The second-order valence-electron chi connectivity index (χ2n) is 30.2. The molecule has 0 fully saturated rings. The molecular weight excluding hydrogens is 1470 g/mol. The molecule has 0 saturated carbocycles. The smallest absolute Gasteiger partial charge is 0.0554 e. The molecule has 118 heavy (non-hydrogen) atoms. The van der Waals surface area contributed by atoms with Crippen LogP contribution in [0.2, 0.25) is 0 Å². The van der Waals surface area contributed by atoms with E-state index in [-0.39, 0.29) is 0 Å². The Hall–Kier alpha value is -14.9. The fourth-order valence-corrected chi connectivity index (χ4v) is 20.6. The molecule has 4 nitrogen and oxygen atoms in total. The summed E-state index contributed by atoms with van der Waals surface area (Å²) < 4.78 is 4.95. The molecule has 0 radical (unpaired) electrons. The number of nitrogens with zero attached hydrogens (tertiary/aromatic N) is 4. The van der Waals surface area contributed by atoms with Gasteiger partial charge in [0.15, 0.2) is 0 Å². The van der Waals surface area contributed by atoms with Crippen molar-refractivity contribution in [3.05, 3.63) is 449 Å². The topological polar surface area (TPSA) is 13.0 Å². The van der Waals surface area contributed by atoms with Crippen molar-refractivity contribution in [1.82, 2.24) is 0 Å². The third-order valence-corrected chi connectivity index (χ3v) is 25.7. The second kappa shape index (κ2) is 29.8. The van der Waals surface area contributed by atoms with E-state index >= 15 is 0 Å². The Labute approximate surface area is 693 Å². The maximum Gasteiger partial charge on any atom is 0.0554 e. The molecule has 0 atom stereocenters. The van der Waals surface area contributed by atoms with E-state index in [4.69, 9.17) is 0 Å². The number of para-hydroxylation sites is 4. The van der Waals surface area contributed by atoms with E-state index in [1.54, 1.807) is 0 Å². The van der Waals surface area contributed by atoms with Crippen molar-refractivity contribution >= 4 is 174 Å². The minimum atomic E-state index is 1.04. The standard InChI is InChI=1S/C112H74N4S2/c1-7-34-75(35-8-1)80-42-31-49-86(68-80)113(83-45-15-5-16-46-83)103-71-99-109-95-58-23-19-54-91(95)105(73-107(109)117-111(99)97-60-25-21-56-93(97)103)114(87-50-32-43-81(69-87)76-36-9-2-10-37-76)88-51-33-44-82(70-88)77-64-66-85(67-65-77)116(102-63-30-28-53-90(102)79-40-13-4-14-41-79)104-72-100-110-96-59-24-20-55-92(96)106(74-108(110)118-112(100)98-61-26-22-57-94(98)104)115(84-47-17-6-18-48-84)101-62-29-27-52-89(101)78-38-11-3-12-39-78/h1-74H. The Balaban J connectivity index is 0.704. The van der Waals surface area contributed by atoms with Gasteiger partial charge in [-0.3, -0.25) is 0 Å². The number of fused-ring (bicyclic) bond motifs is 14. The quantitative estimate of drug-likeness (QED) is 0.0901. The molecule has 20 aromatic carbocycles. The van der Waals surface area contributed by atoms with Crippen molar-refractivity contribution < 1.29 is 0 Å². The average molecular weight is 1540 g/mol. The number of hydrogen-bond acceptors (Lipinski definition) is 6. The van der Waals surface area contributed by atoms with Crippen molar-refractivity contribution in [2.75, 3.05) is 19.6 Å². The fraction of sp³-hybridized carbons (Fsp3) is 0. The predicted octanol–water partition coefficient (Wildman–Crippen LogP) is 33.2. The fourth-order valence-electron chi connectivity index (χ4n) is 18.0. The molecular formula is C112H74N4S2.